The molecule has 1 aromatic rings. The van der Waals surface area contributed by atoms with Crippen molar-refractivity contribution in [1.29, 1.82) is 0 Å². The van der Waals surface area contributed by atoms with Crippen LogP contribution in [-0.2, 0) is 0 Å². The normalized spacial score (nSPS) is 25.3. The molecule has 1 fully saturated rings. The molecule has 2 unspecified atom stereocenters. The number of nitrogens with zero attached hydrogens (tertiary/aromatic N) is 1. The van der Waals surface area contributed by atoms with Crippen molar-refractivity contribution in [3.8, 4) is 0 Å². The van der Waals surface area contributed by atoms with Crippen molar-refractivity contribution < 1.29 is 4.39 Å². The van der Waals surface area contributed by atoms with Crippen LogP contribution in [0.2, 0.25) is 0 Å². The van der Waals surface area contributed by atoms with Crippen LogP contribution in [0.25, 0.3) is 0 Å². The van der Waals surface area contributed by atoms with E-state index in [-0.39, 0.29) is 11.9 Å². The highest BCUT2D eigenvalue weighted by Gasteiger charge is 2.25. The average Bonchev–Trinajstić information content (AvgIpc) is 2.36. The van der Waals surface area contributed by atoms with Gasteiger partial charge in [-0.15, -0.1) is 0 Å². The molecule has 1 aromatic carbocycles. The van der Waals surface area contributed by atoms with Crippen LogP contribution in [0, 0.1) is 5.82 Å². The fourth-order valence-corrected chi connectivity index (χ4v) is 2.80. The van der Waals surface area contributed by atoms with E-state index in [0.717, 1.165) is 31.6 Å². The second-order valence-corrected chi connectivity index (χ2v) is 5.36. The van der Waals surface area contributed by atoms with E-state index in [2.05, 4.69) is 11.8 Å². The van der Waals surface area contributed by atoms with E-state index < -0.39 is 0 Å². The fraction of sp³-hybridized carbons (Fsp3) is 0.600. The zero-order chi connectivity index (χ0) is 13.0. The first-order chi connectivity index (χ1) is 8.69. The Morgan fingerprint density at radius 1 is 1.39 bits per heavy atom. The summed E-state index contributed by atoms with van der Waals surface area (Å²) in [6.07, 6.45) is 3.38. The van der Waals surface area contributed by atoms with Crippen molar-refractivity contribution in [3.05, 3.63) is 35.6 Å². The minimum atomic E-state index is -0.147. The highest BCUT2D eigenvalue weighted by molar-refractivity contribution is 5.22. The maximum absolute atomic E-state index is 13.3. The minimum absolute atomic E-state index is 0.147. The summed E-state index contributed by atoms with van der Waals surface area (Å²) in [5.41, 5.74) is 7.22. The number of benzene rings is 1. The number of rotatable bonds is 4. The molecule has 1 heterocycles. The highest BCUT2D eigenvalue weighted by atomic mass is 19.1. The molecule has 2 N–H and O–H groups in total. The Kier molecular flexibility index (Phi) is 4.72. The molecule has 0 aliphatic carbocycles. The summed E-state index contributed by atoms with van der Waals surface area (Å²) in [5, 5.41) is 0. The molecular weight excluding hydrogens is 227 g/mol. The largest absolute Gasteiger partial charge is 0.327 e. The molecule has 1 aliphatic heterocycles. The van der Waals surface area contributed by atoms with E-state index in [9.17, 15) is 4.39 Å². The second kappa shape index (κ2) is 6.30. The van der Waals surface area contributed by atoms with Gasteiger partial charge in [0.25, 0.3) is 0 Å². The molecule has 2 rings (SSSR count). The Labute approximate surface area is 109 Å². The second-order valence-electron chi connectivity index (χ2n) is 5.36. The number of likely N-dealkylation sites (tertiary alicyclic amines) is 1. The van der Waals surface area contributed by atoms with Gasteiger partial charge in [-0.3, -0.25) is 0 Å². The zero-order valence-electron chi connectivity index (χ0n) is 11.1. The lowest BCUT2D eigenvalue weighted by Gasteiger charge is -2.36. The van der Waals surface area contributed by atoms with Gasteiger partial charge in [0.2, 0.25) is 0 Å². The van der Waals surface area contributed by atoms with Gasteiger partial charge in [0.1, 0.15) is 5.82 Å². The fourth-order valence-electron chi connectivity index (χ4n) is 2.80. The summed E-state index contributed by atoms with van der Waals surface area (Å²) in [6.45, 7) is 5.30. The molecule has 100 valence electrons. The Morgan fingerprint density at radius 2 is 2.22 bits per heavy atom. The lowest BCUT2D eigenvalue weighted by atomic mass is 9.88. The van der Waals surface area contributed by atoms with Crippen LogP contribution in [0.3, 0.4) is 0 Å². The van der Waals surface area contributed by atoms with E-state index in [1.807, 2.05) is 6.07 Å². The van der Waals surface area contributed by atoms with Crippen LogP contribution >= 0.6 is 0 Å². The predicted octanol–water partition coefficient (Wildman–Crippen LogP) is 2.74. The van der Waals surface area contributed by atoms with Gasteiger partial charge in [0.15, 0.2) is 0 Å². The van der Waals surface area contributed by atoms with E-state index in [4.69, 9.17) is 5.73 Å². The molecule has 18 heavy (non-hydrogen) atoms. The highest BCUT2D eigenvalue weighted by Crippen LogP contribution is 2.27. The summed E-state index contributed by atoms with van der Waals surface area (Å²) in [7, 11) is 0. The molecule has 0 radical (unpaired) electrons. The molecule has 0 bridgehead atoms. The molecule has 0 saturated carbocycles. The van der Waals surface area contributed by atoms with E-state index in [0.29, 0.717) is 5.92 Å². The van der Waals surface area contributed by atoms with Crippen molar-refractivity contribution in [2.24, 2.45) is 5.73 Å². The van der Waals surface area contributed by atoms with Gasteiger partial charge in [-0.2, -0.15) is 0 Å². The molecule has 0 amide bonds. The van der Waals surface area contributed by atoms with Gasteiger partial charge in [0, 0.05) is 19.1 Å². The molecule has 3 heteroatoms. The average molecular weight is 250 g/mol. The summed E-state index contributed by atoms with van der Waals surface area (Å²) in [4.78, 5) is 2.42. The Bertz CT molecular complexity index is 381. The first-order valence-electron chi connectivity index (χ1n) is 6.92. The van der Waals surface area contributed by atoms with Crippen molar-refractivity contribution in [2.45, 2.75) is 38.1 Å². The molecule has 0 spiro atoms. The van der Waals surface area contributed by atoms with E-state index in [1.165, 1.54) is 18.9 Å². The minimum Gasteiger partial charge on any atom is -0.327 e. The third-order valence-electron chi connectivity index (χ3n) is 3.71. The first kappa shape index (κ1) is 13.5. The lowest BCUT2D eigenvalue weighted by Crippen LogP contribution is -2.46. The predicted molar refractivity (Wildman–Crippen MR) is 73.1 cm³/mol. The molecule has 2 atom stereocenters. The number of unbranched alkanes of at least 4 members (excludes halogenated alkanes) is 1. The number of piperidine rings is 1. The SMILES string of the molecule is CCCCN1CC(N)CC(c2cccc(F)c2)C1. The third-order valence-corrected chi connectivity index (χ3v) is 3.71. The Morgan fingerprint density at radius 3 is 2.94 bits per heavy atom. The lowest BCUT2D eigenvalue weighted by molar-refractivity contribution is 0.186. The van der Waals surface area contributed by atoms with Crippen LogP contribution in [0.4, 0.5) is 4.39 Å². The maximum atomic E-state index is 13.3. The standard InChI is InChI=1S/C15H23FN2/c1-2-3-7-18-10-13(9-15(17)11-18)12-5-4-6-14(16)8-12/h4-6,8,13,15H,2-3,7,9-11,17H2,1H3. The number of nitrogens with two attached hydrogens (primary N) is 1. The molecule has 0 aromatic heterocycles. The third kappa shape index (κ3) is 3.53. The summed E-state index contributed by atoms with van der Waals surface area (Å²) in [6, 6.07) is 7.18. The maximum Gasteiger partial charge on any atom is 0.123 e. The smallest absolute Gasteiger partial charge is 0.123 e. The van der Waals surface area contributed by atoms with Gasteiger partial charge in [-0.25, -0.2) is 4.39 Å². The quantitative estimate of drug-likeness (QED) is 0.890. The van der Waals surface area contributed by atoms with Gasteiger partial charge in [-0.05, 0) is 43.0 Å². The van der Waals surface area contributed by atoms with Crippen molar-refractivity contribution in [2.75, 3.05) is 19.6 Å². The van der Waals surface area contributed by atoms with E-state index in [1.54, 1.807) is 12.1 Å². The monoisotopic (exact) mass is 250 g/mol. The zero-order valence-corrected chi connectivity index (χ0v) is 11.1. The van der Waals surface area contributed by atoms with Crippen molar-refractivity contribution >= 4 is 0 Å². The molecule has 2 nitrogen and oxygen atoms in total. The van der Waals surface area contributed by atoms with Gasteiger partial charge >= 0.3 is 0 Å². The Hall–Kier alpha value is -0.930. The number of halogens is 1. The van der Waals surface area contributed by atoms with Crippen LogP contribution in [0.1, 0.15) is 37.7 Å². The molecular formula is C15H23FN2. The molecule has 1 saturated heterocycles. The summed E-state index contributed by atoms with van der Waals surface area (Å²) < 4.78 is 13.3. The van der Waals surface area contributed by atoms with Crippen molar-refractivity contribution in [1.82, 2.24) is 4.90 Å². The summed E-state index contributed by atoms with van der Waals surface area (Å²) in [5.74, 6) is 0.230. The van der Waals surface area contributed by atoms with Crippen LogP contribution in [0.15, 0.2) is 24.3 Å². The number of hydrogen-bond acceptors (Lipinski definition) is 2. The topological polar surface area (TPSA) is 29.3 Å². The van der Waals surface area contributed by atoms with E-state index >= 15 is 0 Å². The van der Waals surface area contributed by atoms with Crippen molar-refractivity contribution in [3.63, 3.8) is 0 Å². The first-order valence-corrected chi connectivity index (χ1v) is 6.92. The number of hydrogen-bond donors (Lipinski definition) is 1. The molecule has 1 aliphatic rings. The van der Waals surface area contributed by atoms with Gasteiger partial charge in [-0.1, -0.05) is 25.5 Å². The van der Waals surface area contributed by atoms with Gasteiger partial charge < -0.3 is 10.6 Å². The van der Waals surface area contributed by atoms with Gasteiger partial charge in [0.05, 0.1) is 0 Å². The van der Waals surface area contributed by atoms with Crippen LogP contribution < -0.4 is 5.73 Å². The van der Waals surface area contributed by atoms with Crippen LogP contribution in [-0.4, -0.2) is 30.6 Å². The Balaban J connectivity index is 2.03. The summed E-state index contributed by atoms with van der Waals surface area (Å²) >= 11 is 0. The van der Waals surface area contributed by atoms with Crippen LogP contribution in [0.5, 0.6) is 0 Å².